The van der Waals surface area contributed by atoms with Crippen LogP contribution >= 0.6 is 0 Å². The molecule has 0 saturated heterocycles. The van der Waals surface area contributed by atoms with Crippen molar-refractivity contribution in [1.29, 1.82) is 0 Å². The fourth-order valence-corrected chi connectivity index (χ4v) is 2.19. The molecule has 102 valence electrons. The number of hydrogen-bond donors (Lipinski definition) is 1. The van der Waals surface area contributed by atoms with E-state index in [0.717, 1.165) is 36.5 Å². The van der Waals surface area contributed by atoms with Crippen LogP contribution in [0, 0.1) is 12.7 Å². The van der Waals surface area contributed by atoms with Gasteiger partial charge in [-0.05, 0) is 38.1 Å². The highest BCUT2D eigenvalue weighted by Gasteiger charge is 2.12. The van der Waals surface area contributed by atoms with Gasteiger partial charge in [-0.25, -0.2) is 4.39 Å². The van der Waals surface area contributed by atoms with Crippen molar-refractivity contribution in [3.05, 3.63) is 41.5 Å². The smallest absolute Gasteiger partial charge is 0.131 e. The van der Waals surface area contributed by atoms with Crippen molar-refractivity contribution in [2.45, 2.75) is 33.9 Å². The van der Waals surface area contributed by atoms with Crippen LogP contribution in [0.2, 0.25) is 0 Å². The second-order valence-corrected chi connectivity index (χ2v) is 4.55. The Kier molecular flexibility index (Phi) is 4.32. The van der Waals surface area contributed by atoms with Gasteiger partial charge in [0.25, 0.3) is 0 Å². The number of rotatable bonds is 5. The molecule has 0 aliphatic carbocycles. The van der Waals surface area contributed by atoms with Crippen LogP contribution in [-0.2, 0) is 13.1 Å². The quantitative estimate of drug-likeness (QED) is 0.896. The number of aryl methyl sites for hydroxylation is 1. The Morgan fingerprint density at radius 2 is 2.05 bits per heavy atom. The highest BCUT2D eigenvalue weighted by molar-refractivity contribution is 5.66. The Balaban J connectivity index is 2.39. The minimum absolute atomic E-state index is 0.195. The first-order valence-corrected chi connectivity index (χ1v) is 6.69. The van der Waals surface area contributed by atoms with Crippen molar-refractivity contribution in [2.24, 2.45) is 0 Å². The fraction of sp³-hybridized carbons (Fsp3) is 0.400. The molecule has 0 spiro atoms. The largest absolute Gasteiger partial charge is 0.313 e. The van der Waals surface area contributed by atoms with E-state index < -0.39 is 0 Å². The lowest BCUT2D eigenvalue weighted by Gasteiger charge is -2.08. The number of aromatic nitrogens is 2. The summed E-state index contributed by atoms with van der Waals surface area (Å²) in [6.45, 7) is 8.51. The molecular weight excluding hydrogens is 241 g/mol. The van der Waals surface area contributed by atoms with Gasteiger partial charge in [0.1, 0.15) is 5.82 Å². The van der Waals surface area contributed by atoms with Gasteiger partial charge in [0.2, 0.25) is 0 Å². The average molecular weight is 261 g/mol. The molecule has 0 saturated carbocycles. The van der Waals surface area contributed by atoms with Gasteiger partial charge in [-0.15, -0.1) is 0 Å². The Morgan fingerprint density at radius 3 is 2.68 bits per heavy atom. The zero-order chi connectivity index (χ0) is 13.8. The van der Waals surface area contributed by atoms with Crippen LogP contribution in [0.5, 0.6) is 0 Å². The molecule has 4 heteroatoms. The summed E-state index contributed by atoms with van der Waals surface area (Å²) >= 11 is 0. The van der Waals surface area contributed by atoms with E-state index in [1.54, 1.807) is 6.20 Å². The van der Waals surface area contributed by atoms with Gasteiger partial charge in [0.15, 0.2) is 0 Å². The van der Waals surface area contributed by atoms with Gasteiger partial charge in [-0.2, -0.15) is 5.10 Å². The summed E-state index contributed by atoms with van der Waals surface area (Å²) in [5, 5.41) is 7.53. The molecule has 1 aromatic carbocycles. The van der Waals surface area contributed by atoms with Gasteiger partial charge in [0.05, 0.1) is 6.20 Å². The van der Waals surface area contributed by atoms with E-state index in [2.05, 4.69) is 17.3 Å². The summed E-state index contributed by atoms with van der Waals surface area (Å²) < 4.78 is 15.9. The lowest BCUT2D eigenvalue weighted by atomic mass is 10.0. The number of halogens is 1. The number of nitrogens with one attached hydrogen (secondary N) is 1. The predicted molar refractivity (Wildman–Crippen MR) is 75.4 cm³/mol. The molecule has 19 heavy (non-hydrogen) atoms. The molecule has 0 aliphatic heterocycles. The van der Waals surface area contributed by atoms with Crippen LogP contribution < -0.4 is 5.32 Å². The molecule has 0 fully saturated rings. The Bertz CT molecular complexity index is 561. The molecule has 0 aliphatic rings. The van der Waals surface area contributed by atoms with E-state index in [-0.39, 0.29) is 5.82 Å². The standard InChI is InChI=1S/C15H20FN3/c1-4-17-9-12-6-7-15(16)13(8-12)14-10-18-19(5-2)11(14)3/h6-8,10,17H,4-5,9H2,1-3H3. The summed E-state index contributed by atoms with van der Waals surface area (Å²) in [7, 11) is 0. The first-order valence-electron chi connectivity index (χ1n) is 6.69. The molecule has 0 atom stereocenters. The summed E-state index contributed by atoms with van der Waals surface area (Å²) in [5.41, 5.74) is 3.59. The van der Waals surface area contributed by atoms with E-state index in [4.69, 9.17) is 0 Å². The Labute approximate surface area is 113 Å². The summed E-state index contributed by atoms with van der Waals surface area (Å²) in [6.07, 6.45) is 1.74. The van der Waals surface area contributed by atoms with Crippen molar-refractivity contribution in [3.63, 3.8) is 0 Å². The molecule has 0 unspecified atom stereocenters. The molecule has 1 aromatic heterocycles. The maximum atomic E-state index is 14.0. The van der Waals surface area contributed by atoms with Crippen molar-refractivity contribution in [2.75, 3.05) is 6.54 Å². The monoisotopic (exact) mass is 261 g/mol. The van der Waals surface area contributed by atoms with Crippen LogP contribution in [0.1, 0.15) is 25.1 Å². The summed E-state index contributed by atoms with van der Waals surface area (Å²) in [6, 6.07) is 5.26. The van der Waals surface area contributed by atoms with E-state index in [0.29, 0.717) is 5.56 Å². The zero-order valence-electron chi connectivity index (χ0n) is 11.7. The Morgan fingerprint density at radius 1 is 1.26 bits per heavy atom. The molecule has 2 rings (SSSR count). The Hall–Kier alpha value is -1.68. The van der Waals surface area contributed by atoms with Crippen molar-refractivity contribution >= 4 is 0 Å². The molecule has 1 N–H and O–H groups in total. The molecule has 3 nitrogen and oxygen atoms in total. The summed E-state index contributed by atoms with van der Waals surface area (Å²) in [5.74, 6) is -0.195. The third-order valence-electron chi connectivity index (χ3n) is 3.30. The lowest BCUT2D eigenvalue weighted by molar-refractivity contribution is 0.627. The van der Waals surface area contributed by atoms with Crippen LogP contribution in [-0.4, -0.2) is 16.3 Å². The lowest BCUT2D eigenvalue weighted by Crippen LogP contribution is -2.11. The van der Waals surface area contributed by atoms with E-state index in [1.807, 2.05) is 30.7 Å². The number of nitrogens with zero attached hydrogens (tertiary/aromatic N) is 2. The maximum Gasteiger partial charge on any atom is 0.131 e. The third kappa shape index (κ3) is 2.84. The molecule has 0 amide bonds. The first kappa shape index (κ1) is 13.7. The second kappa shape index (κ2) is 5.97. The van der Waals surface area contributed by atoms with E-state index in [9.17, 15) is 4.39 Å². The summed E-state index contributed by atoms with van der Waals surface area (Å²) in [4.78, 5) is 0. The van der Waals surface area contributed by atoms with Gasteiger partial charge in [0, 0.05) is 29.9 Å². The van der Waals surface area contributed by atoms with E-state index in [1.165, 1.54) is 6.07 Å². The highest BCUT2D eigenvalue weighted by atomic mass is 19.1. The normalized spacial score (nSPS) is 10.9. The highest BCUT2D eigenvalue weighted by Crippen LogP contribution is 2.27. The van der Waals surface area contributed by atoms with Crippen molar-refractivity contribution in [3.8, 4) is 11.1 Å². The zero-order valence-corrected chi connectivity index (χ0v) is 11.7. The maximum absolute atomic E-state index is 14.0. The first-order chi connectivity index (χ1) is 9.17. The number of benzene rings is 1. The van der Waals surface area contributed by atoms with E-state index >= 15 is 0 Å². The SMILES string of the molecule is CCNCc1ccc(F)c(-c2cnn(CC)c2C)c1. The van der Waals surface area contributed by atoms with Crippen LogP contribution in [0.25, 0.3) is 11.1 Å². The average Bonchev–Trinajstić information content (AvgIpc) is 2.79. The minimum Gasteiger partial charge on any atom is -0.313 e. The van der Waals surface area contributed by atoms with Crippen LogP contribution in [0.15, 0.2) is 24.4 Å². The topological polar surface area (TPSA) is 29.9 Å². The van der Waals surface area contributed by atoms with Gasteiger partial charge >= 0.3 is 0 Å². The molecule has 0 radical (unpaired) electrons. The predicted octanol–water partition coefficient (Wildman–Crippen LogP) is 3.13. The fourth-order valence-electron chi connectivity index (χ4n) is 2.19. The molecular formula is C15H20FN3. The second-order valence-electron chi connectivity index (χ2n) is 4.55. The van der Waals surface area contributed by atoms with Gasteiger partial charge in [-0.1, -0.05) is 13.0 Å². The van der Waals surface area contributed by atoms with Gasteiger partial charge in [-0.3, -0.25) is 4.68 Å². The van der Waals surface area contributed by atoms with Crippen LogP contribution in [0.4, 0.5) is 4.39 Å². The number of hydrogen-bond acceptors (Lipinski definition) is 2. The molecule has 0 bridgehead atoms. The molecule has 1 heterocycles. The van der Waals surface area contributed by atoms with Crippen LogP contribution in [0.3, 0.4) is 0 Å². The third-order valence-corrected chi connectivity index (χ3v) is 3.30. The van der Waals surface area contributed by atoms with Crippen molar-refractivity contribution in [1.82, 2.24) is 15.1 Å². The molecule has 2 aromatic rings. The van der Waals surface area contributed by atoms with Gasteiger partial charge < -0.3 is 5.32 Å². The van der Waals surface area contributed by atoms with Crippen molar-refractivity contribution < 1.29 is 4.39 Å². The minimum atomic E-state index is -0.195.